The molecule has 2 aliphatic rings. The minimum atomic E-state index is -0.201. The average molecular weight is 327 g/mol. The highest BCUT2D eigenvalue weighted by atomic mass is 79.9. The van der Waals surface area contributed by atoms with Crippen LogP contribution in [0.3, 0.4) is 0 Å². The van der Waals surface area contributed by atoms with Gasteiger partial charge in [0.05, 0.1) is 0 Å². The lowest BCUT2D eigenvalue weighted by Crippen LogP contribution is -2.44. The molecule has 2 saturated carbocycles. The smallest absolute Gasteiger partial charge is 0.124 e. The number of benzene rings is 1. The summed E-state index contributed by atoms with van der Waals surface area (Å²) in [5.74, 6) is 8.01. The molecular weight excluding hydrogens is 307 g/mol. The molecule has 3 N–H and O–H groups in total. The predicted octanol–water partition coefficient (Wildman–Crippen LogP) is 3.40. The van der Waals surface area contributed by atoms with Crippen LogP contribution in [0.25, 0.3) is 0 Å². The lowest BCUT2D eigenvalue weighted by atomic mass is 9.81. The first kappa shape index (κ1) is 13.5. The highest BCUT2D eigenvalue weighted by molar-refractivity contribution is 9.10. The second-order valence-corrected chi connectivity index (χ2v) is 6.91. The number of fused-ring (bicyclic) bond motifs is 2. The Kier molecular flexibility index (Phi) is 3.92. The van der Waals surface area contributed by atoms with Crippen molar-refractivity contribution in [1.82, 2.24) is 5.43 Å². The SMILES string of the molecule is NNC(Cc1ccc(F)cc1Br)C1CC2CCC1C2. The second-order valence-electron chi connectivity index (χ2n) is 6.05. The third kappa shape index (κ3) is 2.71. The van der Waals surface area contributed by atoms with Gasteiger partial charge < -0.3 is 0 Å². The zero-order chi connectivity index (χ0) is 13.4. The Morgan fingerprint density at radius 1 is 1.37 bits per heavy atom. The first-order valence-electron chi connectivity index (χ1n) is 7.07. The van der Waals surface area contributed by atoms with E-state index >= 15 is 0 Å². The summed E-state index contributed by atoms with van der Waals surface area (Å²) in [4.78, 5) is 0. The van der Waals surface area contributed by atoms with E-state index < -0.39 is 0 Å². The van der Waals surface area contributed by atoms with Crippen molar-refractivity contribution in [3.8, 4) is 0 Å². The van der Waals surface area contributed by atoms with Crippen molar-refractivity contribution >= 4 is 15.9 Å². The molecule has 2 aliphatic carbocycles. The molecule has 0 aromatic heterocycles. The molecule has 2 fully saturated rings. The van der Waals surface area contributed by atoms with Gasteiger partial charge in [-0.3, -0.25) is 11.3 Å². The minimum Gasteiger partial charge on any atom is -0.271 e. The third-order valence-corrected chi connectivity index (χ3v) is 5.72. The molecule has 2 bridgehead atoms. The van der Waals surface area contributed by atoms with Crippen LogP contribution in [0.5, 0.6) is 0 Å². The van der Waals surface area contributed by atoms with Crippen LogP contribution in [-0.4, -0.2) is 6.04 Å². The Hall–Kier alpha value is -0.450. The molecule has 4 atom stereocenters. The van der Waals surface area contributed by atoms with Crippen LogP contribution in [0.15, 0.2) is 22.7 Å². The molecule has 2 nitrogen and oxygen atoms in total. The lowest BCUT2D eigenvalue weighted by molar-refractivity contribution is 0.248. The Labute approximate surface area is 122 Å². The molecule has 0 amide bonds. The summed E-state index contributed by atoms with van der Waals surface area (Å²) in [6, 6.07) is 5.21. The highest BCUT2D eigenvalue weighted by Gasteiger charge is 2.42. The summed E-state index contributed by atoms with van der Waals surface area (Å²) in [5, 5.41) is 0. The molecule has 104 valence electrons. The molecule has 0 spiro atoms. The van der Waals surface area contributed by atoms with Gasteiger partial charge in [-0.2, -0.15) is 0 Å². The van der Waals surface area contributed by atoms with Crippen LogP contribution in [0.2, 0.25) is 0 Å². The van der Waals surface area contributed by atoms with Gasteiger partial charge in [0.1, 0.15) is 5.82 Å². The fourth-order valence-electron chi connectivity index (χ4n) is 4.04. The summed E-state index contributed by atoms with van der Waals surface area (Å²) in [6.45, 7) is 0. The van der Waals surface area contributed by atoms with Crippen molar-refractivity contribution in [2.24, 2.45) is 23.6 Å². The standard InChI is InChI=1S/C15H20BrFN2/c16-14-8-12(17)4-3-11(14)7-15(19-18)13-6-9-1-2-10(13)5-9/h3-4,8-10,13,15,19H,1-2,5-7,18H2. The summed E-state index contributed by atoms with van der Waals surface area (Å²) in [6.07, 6.45) is 6.31. The van der Waals surface area contributed by atoms with E-state index in [0.29, 0.717) is 12.0 Å². The number of hydrogen-bond acceptors (Lipinski definition) is 2. The van der Waals surface area contributed by atoms with E-state index in [1.165, 1.54) is 37.8 Å². The number of hydrazine groups is 1. The fourth-order valence-corrected chi connectivity index (χ4v) is 4.56. The number of hydrogen-bond donors (Lipinski definition) is 2. The van der Waals surface area contributed by atoms with Crippen molar-refractivity contribution in [2.45, 2.75) is 38.1 Å². The summed E-state index contributed by atoms with van der Waals surface area (Å²) < 4.78 is 14.0. The average Bonchev–Trinajstić information content (AvgIpc) is 3.00. The van der Waals surface area contributed by atoms with Crippen molar-refractivity contribution in [3.05, 3.63) is 34.1 Å². The van der Waals surface area contributed by atoms with E-state index in [9.17, 15) is 4.39 Å². The molecule has 0 aliphatic heterocycles. The number of halogens is 2. The Morgan fingerprint density at radius 3 is 2.79 bits per heavy atom. The van der Waals surface area contributed by atoms with Crippen molar-refractivity contribution in [1.29, 1.82) is 0 Å². The van der Waals surface area contributed by atoms with E-state index in [1.807, 2.05) is 6.07 Å². The van der Waals surface area contributed by atoms with Gasteiger partial charge in [-0.15, -0.1) is 0 Å². The molecule has 0 heterocycles. The molecule has 0 radical (unpaired) electrons. The van der Waals surface area contributed by atoms with Crippen molar-refractivity contribution < 1.29 is 4.39 Å². The quantitative estimate of drug-likeness (QED) is 0.657. The van der Waals surface area contributed by atoms with E-state index in [1.54, 1.807) is 0 Å². The normalized spacial score (nSPS) is 30.8. The van der Waals surface area contributed by atoms with Crippen LogP contribution in [-0.2, 0) is 6.42 Å². The van der Waals surface area contributed by atoms with E-state index in [-0.39, 0.29) is 5.82 Å². The van der Waals surface area contributed by atoms with Gasteiger partial charge in [-0.05, 0) is 61.1 Å². The van der Waals surface area contributed by atoms with Gasteiger partial charge in [0, 0.05) is 10.5 Å². The zero-order valence-electron chi connectivity index (χ0n) is 10.9. The minimum absolute atomic E-state index is 0.201. The maximum atomic E-state index is 13.1. The van der Waals surface area contributed by atoms with Gasteiger partial charge in [-0.25, -0.2) is 4.39 Å². The first-order chi connectivity index (χ1) is 9.17. The van der Waals surface area contributed by atoms with Crippen molar-refractivity contribution in [3.63, 3.8) is 0 Å². The van der Waals surface area contributed by atoms with Crippen LogP contribution >= 0.6 is 15.9 Å². The largest absolute Gasteiger partial charge is 0.271 e. The highest BCUT2D eigenvalue weighted by Crippen LogP contribution is 2.49. The van der Waals surface area contributed by atoms with E-state index in [4.69, 9.17) is 5.84 Å². The maximum absolute atomic E-state index is 13.1. The molecule has 4 heteroatoms. The van der Waals surface area contributed by atoms with E-state index in [0.717, 1.165) is 28.3 Å². The van der Waals surface area contributed by atoms with Gasteiger partial charge in [0.25, 0.3) is 0 Å². The first-order valence-corrected chi connectivity index (χ1v) is 7.86. The maximum Gasteiger partial charge on any atom is 0.124 e. The van der Waals surface area contributed by atoms with Crippen LogP contribution in [0.1, 0.15) is 31.2 Å². The molecular formula is C15H20BrFN2. The Morgan fingerprint density at radius 2 is 2.21 bits per heavy atom. The summed E-state index contributed by atoms with van der Waals surface area (Å²) in [7, 11) is 0. The molecule has 19 heavy (non-hydrogen) atoms. The van der Waals surface area contributed by atoms with Gasteiger partial charge in [0.2, 0.25) is 0 Å². The lowest BCUT2D eigenvalue weighted by Gasteiger charge is -2.30. The summed E-state index contributed by atoms with van der Waals surface area (Å²) >= 11 is 3.45. The van der Waals surface area contributed by atoms with Crippen LogP contribution in [0.4, 0.5) is 4.39 Å². The summed E-state index contributed by atoms with van der Waals surface area (Å²) in [5.41, 5.74) is 4.14. The van der Waals surface area contributed by atoms with Crippen LogP contribution < -0.4 is 11.3 Å². The monoisotopic (exact) mass is 326 g/mol. The number of rotatable bonds is 4. The van der Waals surface area contributed by atoms with Crippen molar-refractivity contribution in [2.75, 3.05) is 0 Å². The van der Waals surface area contributed by atoms with Gasteiger partial charge >= 0.3 is 0 Å². The molecule has 4 unspecified atom stereocenters. The Bertz CT molecular complexity index is 465. The van der Waals surface area contributed by atoms with Crippen LogP contribution in [0, 0.1) is 23.6 Å². The zero-order valence-corrected chi connectivity index (χ0v) is 12.5. The number of nitrogens with two attached hydrogens (primary N) is 1. The molecule has 3 rings (SSSR count). The molecule has 1 aromatic rings. The molecule has 1 aromatic carbocycles. The second kappa shape index (κ2) is 5.51. The van der Waals surface area contributed by atoms with Gasteiger partial charge in [0.15, 0.2) is 0 Å². The fraction of sp³-hybridized carbons (Fsp3) is 0.600. The third-order valence-electron chi connectivity index (χ3n) is 4.98. The Balaban J connectivity index is 1.73. The topological polar surface area (TPSA) is 38.0 Å². The molecule has 0 saturated heterocycles. The number of nitrogens with one attached hydrogen (secondary N) is 1. The predicted molar refractivity (Wildman–Crippen MR) is 77.9 cm³/mol. The van der Waals surface area contributed by atoms with Gasteiger partial charge in [-0.1, -0.05) is 28.4 Å². The van der Waals surface area contributed by atoms with E-state index in [2.05, 4.69) is 21.4 Å².